The molecule has 64 heavy (non-hydrogen) atoms. The fourth-order valence-corrected chi connectivity index (χ4v) is 5.77. The standard InChI is InChI=1S/C47H70N4O13/c1-5-9-29-59-42(53)34-39(45(56)62-31-11-7-3)48-23-27-51(28-24-49-40(46(57)63-32-12-8-4)35-43(54)60-30-10-6-2)26-22-41(52)61-33-25-50-47(58)64-38-20-18-37(19-21-38)44(55)36-16-14-13-15-17-36/h13-21,39-40,48-49H,5-12,22-35H2,1-4H3,(H,50,58). The normalized spacial score (nSPS) is 11.8. The van der Waals surface area contributed by atoms with Crippen LogP contribution < -0.4 is 20.7 Å². The average Bonchev–Trinajstić information content (AvgIpc) is 3.29. The molecule has 17 heteroatoms. The Balaban J connectivity index is 2.01. The lowest BCUT2D eigenvalue weighted by Crippen LogP contribution is -2.47. The van der Waals surface area contributed by atoms with E-state index in [9.17, 15) is 33.6 Å². The minimum atomic E-state index is -0.959. The smallest absolute Gasteiger partial charge is 0.412 e. The Bertz CT molecular complexity index is 1620. The minimum absolute atomic E-state index is 0.0278. The highest BCUT2D eigenvalue weighted by atomic mass is 16.6. The molecule has 0 aliphatic heterocycles. The van der Waals surface area contributed by atoms with Gasteiger partial charge in [0.1, 0.15) is 24.4 Å². The largest absolute Gasteiger partial charge is 0.466 e. The van der Waals surface area contributed by atoms with Gasteiger partial charge in [-0.15, -0.1) is 0 Å². The van der Waals surface area contributed by atoms with Crippen LogP contribution in [0, 0.1) is 0 Å². The lowest BCUT2D eigenvalue weighted by atomic mass is 10.0. The fourth-order valence-electron chi connectivity index (χ4n) is 5.77. The Morgan fingerprint density at radius 1 is 0.516 bits per heavy atom. The van der Waals surface area contributed by atoms with Crippen LogP contribution in [0.15, 0.2) is 54.6 Å². The summed E-state index contributed by atoms with van der Waals surface area (Å²) < 4.78 is 32.1. The third-order valence-corrected chi connectivity index (χ3v) is 9.58. The molecule has 0 saturated heterocycles. The van der Waals surface area contributed by atoms with Gasteiger partial charge >= 0.3 is 35.9 Å². The number of ketones is 1. The summed E-state index contributed by atoms with van der Waals surface area (Å²) in [6, 6.07) is 13.0. The van der Waals surface area contributed by atoms with Crippen LogP contribution in [0.1, 0.15) is 114 Å². The Hall–Kier alpha value is -5.39. The molecular weight excluding hydrogens is 829 g/mol. The first kappa shape index (κ1) is 54.7. The maximum absolute atomic E-state index is 13.0. The number of hydrogen-bond acceptors (Lipinski definition) is 16. The van der Waals surface area contributed by atoms with E-state index in [4.69, 9.17) is 28.4 Å². The molecule has 0 aliphatic rings. The first-order valence-electron chi connectivity index (χ1n) is 22.7. The van der Waals surface area contributed by atoms with Crippen molar-refractivity contribution >= 4 is 41.7 Å². The van der Waals surface area contributed by atoms with Gasteiger partial charge in [-0.25, -0.2) is 4.79 Å². The maximum atomic E-state index is 13.0. The summed E-state index contributed by atoms with van der Waals surface area (Å²) >= 11 is 0. The van der Waals surface area contributed by atoms with Crippen LogP contribution in [0.3, 0.4) is 0 Å². The van der Waals surface area contributed by atoms with Gasteiger partial charge in [0.05, 0.1) is 52.2 Å². The summed E-state index contributed by atoms with van der Waals surface area (Å²) in [5.74, 6) is -2.68. The number of nitrogens with one attached hydrogen (secondary N) is 3. The van der Waals surface area contributed by atoms with Crippen LogP contribution in [-0.2, 0) is 47.7 Å². The molecule has 3 N–H and O–H groups in total. The molecule has 17 nitrogen and oxygen atoms in total. The zero-order chi connectivity index (χ0) is 46.8. The van der Waals surface area contributed by atoms with Gasteiger partial charge in [-0.2, -0.15) is 0 Å². The second kappa shape index (κ2) is 34.1. The van der Waals surface area contributed by atoms with E-state index in [1.165, 1.54) is 12.1 Å². The second-order valence-corrected chi connectivity index (χ2v) is 15.0. The molecule has 2 unspecified atom stereocenters. The van der Waals surface area contributed by atoms with Crippen molar-refractivity contribution in [3.8, 4) is 5.75 Å². The number of carbonyl (C=O) groups excluding carboxylic acids is 7. The number of unbranched alkanes of at least 4 members (excludes halogenated alkanes) is 4. The number of esters is 5. The molecule has 2 rings (SSSR count). The first-order chi connectivity index (χ1) is 31.0. The van der Waals surface area contributed by atoms with Crippen molar-refractivity contribution in [2.24, 2.45) is 0 Å². The number of nitrogens with zero attached hydrogens (tertiary/aromatic N) is 1. The van der Waals surface area contributed by atoms with E-state index in [0.29, 0.717) is 49.9 Å². The predicted molar refractivity (Wildman–Crippen MR) is 239 cm³/mol. The summed E-state index contributed by atoms with van der Waals surface area (Å²) in [5.41, 5.74) is 0.978. The molecule has 1 amide bonds. The van der Waals surface area contributed by atoms with Crippen molar-refractivity contribution in [2.45, 2.75) is 110 Å². The molecule has 0 bridgehead atoms. The molecule has 0 saturated carbocycles. The monoisotopic (exact) mass is 898 g/mol. The number of benzene rings is 2. The maximum Gasteiger partial charge on any atom is 0.412 e. The van der Waals surface area contributed by atoms with Crippen LogP contribution in [0.4, 0.5) is 4.79 Å². The number of hydrogen-bond donors (Lipinski definition) is 3. The molecule has 2 aromatic rings. The van der Waals surface area contributed by atoms with Crippen molar-refractivity contribution in [3.63, 3.8) is 0 Å². The number of carbonyl (C=O) groups is 7. The Morgan fingerprint density at radius 3 is 1.45 bits per heavy atom. The Labute approximate surface area is 377 Å². The lowest BCUT2D eigenvalue weighted by molar-refractivity contribution is -0.153. The zero-order valence-electron chi connectivity index (χ0n) is 38.2. The van der Waals surface area contributed by atoms with Crippen molar-refractivity contribution in [2.75, 3.05) is 72.3 Å². The minimum Gasteiger partial charge on any atom is -0.466 e. The van der Waals surface area contributed by atoms with Crippen molar-refractivity contribution in [3.05, 3.63) is 65.7 Å². The highest BCUT2D eigenvalue weighted by Gasteiger charge is 2.26. The summed E-state index contributed by atoms with van der Waals surface area (Å²) in [5, 5.41) is 8.74. The molecule has 2 atom stereocenters. The van der Waals surface area contributed by atoms with Crippen LogP contribution in [0.5, 0.6) is 5.75 Å². The zero-order valence-corrected chi connectivity index (χ0v) is 38.2. The Morgan fingerprint density at radius 2 is 0.969 bits per heavy atom. The molecule has 0 spiro atoms. The molecule has 2 aromatic carbocycles. The van der Waals surface area contributed by atoms with Gasteiger partial charge in [0, 0.05) is 43.9 Å². The predicted octanol–water partition coefficient (Wildman–Crippen LogP) is 5.31. The lowest BCUT2D eigenvalue weighted by Gasteiger charge is -2.25. The third-order valence-electron chi connectivity index (χ3n) is 9.58. The average molecular weight is 899 g/mol. The van der Waals surface area contributed by atoms with Crippen molar-refractivity contribution < 1.29 is 62.0 Å². The quantitative estimate of drug-likeness (QED) is 0.0346. The van der Waals surface area contributed by atoms with Gasteiger partial charge in [0.25, 0.3) is 0 Å². The van der Waals surface area contributed by atoms with Crippen LogP contribution >= 0.6 is 0 Å². The first-order valence-corrected chi connectivity index (χ1v) is 22.7. The number of ether oxygens (including phenoxy) is 6. The summed E-state index contributed by atoms with van der Waals surface area (Å²) in [4.78, 5) is 90.9. The van der Waals surface area contributed by atoms with Crippen LogP contribution in [-0.4, -0.2) is 131 Å². The van der Waals surface area contributed by atoms with Gasteiger partial charge < -0.3 is 49.3 Å². The van der Waals surface area contributed by atoms with E-state index in [-0.39, 0.29) is 90.0 Å². The molecule has 356 valence electrons. The Kier molecular flexibility index (Phi) is 29.1. The van der Waals surface area contributed by atoms with Gasteiger partial charge in [0.2, 0.25) is 0 Å². The van der Waals surface area contributed by atoms with Gasteiger partial charge in [0.15, 0.2) is 5.78 Å². The molecule has 0 aliphatic carbocycles. The van der Waals surface area contributed by atoms with E-state index in [1.54, 1.807) is 36.4 Å². The summed E-state index contributed by atoms with van der Waals surface area (Å²) in [6.45, 7) is 9.92. The molecular formula is C47H70N4O13. The second-order valence-electron chi connectivity index (χ2n) is 15.0. The molecule has 0 fully saturated rings. The van der Waals surface area contributed by atoms with E-state index in [1.807, 2.05) is 38.7 Å². The van der Waals surface area contributed by atoms with E-state index in [2.05, 4.69) is 16.0 Å². The highest BCUT2D eigenvalue weighted by Crippen LogP contribution is 2.16. The summed E-state index contributed by atoms with van der Waals surface area (Å²) in [6.07, 6.45) is 4.84. The van der Waals surface area contributed by atoms with Crippen LogP contribution in [0.25, 0.3) is 0 Å². The third kappa shape index (κ3) is 24.5. The van der Waals surface area contributed by atoms with E-state index < -0.39 is 48.0 Å². The molecule has 0 radical (unpaired) electrons. The van der Waals surface area contributed by atoms with Crippen molar-refractivity contribution in [1.29, 1.82) is 0 Å². The van der Waals surface area contributed by atoms with Gasteiger partial charge in [-0.3, -0.25) is 28.8 Å². The molecule has 0 heterocycles. The van der Waals surface area contributed by atoms with E-state index >= 15 is 0 Å². The summed E-state index contributed by atoms with van der Waals surface area (Å²) in [7, 11) is 0. The van der Waals surface area contributed by atoms with Crippen LogP contribution in [0.2, 0.25) is 0 Å². The van der Waals surface area contributed by atoms with Crippen molar-refractivity contribution in [1.82, 2.24) is 20.9 Å². The number of amides is 1. The number of rotatable bonds is 35. The topological polar surface area (TPSA) is 214 Å². The fraction of sp³-hybridized carbons (Fsp3) is 0.596. The SMILES string of the molecule is CCCCOC(=O)CC(NCCN(CCNC(CC(=O)OCCCC)C(=O)OCCCC)CCC(=O)OCCNC(=O)Oc1ccc(C(=O)c2ccccc2)cc1)C(=O)OCCCC. The van der Waals surface area contributed by atoms with E-state index in [0.717, 1.165) is 25.7 Å². The highest BCUT2D eigenvalue weighted by molar-refractivity contribution is 6.09. The van der Waals surface area contributed by atoms with Gasteiger partial charge in [-0.05, 0) is 49.9 Å². The molecule has 0 aromatic heterocycles. The van der Waals surface area contributed by atoms with Gasteiger partial charge in [-0.1, -0.05) is 83.7 Å².